The van der Waals surface area contributed by atoms with Crippen molar-refractivity contribution in [3.8, 4) is 0 Å². The molecule has 1 fully saturated rings. The first-order valence-corrected chi connectivity index (χ1v) is 5.30. The molecular formula is C10H16N4O. The van der Waals surface area contributed by atoms with Gasteiger partial charge in [-0.2, -0.15) is 0 Å². The Morgan fingerprint density at radius 2 is 2.27 bits per heavy atom. The maximum Gasteiger partial charge on any atom is 0.191 e. The average molecular weight is 208 g/mol. The number of hydrogen-bond donors (Lipinski definition) is 1. The summed E-state index contributed by atoms with van der Waals surface area (Å²) in [5.74, 6) is 0.623. The van der Waals surface area contributed by atoms with Gasteiger partial charge in [0.25, 0.3) is 0 Å². The lowest BCUT2D eigenvalue weighted by molar-refractivity contribution is 0.338. The highest BCUT2D eigenvalue weighted by molar-refractivity contribution is 5.78. The highest BCUT2D eigenvalue weighted by atomic mass is 16.5. The Morgan fingerprint density at radius 1 is 1.47 bits per heavy atom. The van der Waals surface area contributed by atoms with E-state index in [0.29, 0.717) is 12.5 Å². The second-order valence-corrected chi connectivity index (χ2v) is 3.71. The Morgan fingerprint density at radius 3 is 2.93 bits per heavy atom. The molecule has 0 saturated carbocycles. The lowest BCUT2D eigenvalue weighted by Gasteiger charge is -2.27. The van der Waals surface area contributed by atoms with Gasteiger partial charge in [0.2, 0.25) is 0 Å². The molecule has 0 aromatic carbocycles. The van der Waals surface area contributed by atoms with Crippen LogP contribution in [0.3, 0.4) is 0 Å². The number of guanidine groups is 1. The van der Waals surface area contributed by atoms with Crippen molar-refractivity contribution in [2.24, 2.45) is 10.7 Å². The van der Waals surface area contributed by atoms with Gasteiger partial charge in [-0.25, -0.2) is 4.99 Å². The SMILES string of the molecule is NC(=NCc1ccon1)N1CCCCC1. The molecule has 15 heavy (non-hydrogen) atoms. The van der Waals surface area contributed by atoms with Gasteiger partial charge in [0.05, 0.1) is 6.54 Å². The van der Waals surface area contributed by atoms with Gasteiger partial charge in [-0.3, -0.25) is 0 Å². The van der Waals surface area contributed by atoms with Crippen LogP contribution in [0.5, 0.6) is 0 Å². The zero-order chi connectivity index (χ0) is 10.5. The van der Waals surface area contributed by atoms with Crippen LogP contribution < -0.4 is 5.73 Å². The largest absolute Gasteiger partial charge is 0.370 e. The summed E-state index contributed by atoms with van der Waals surface area (Å²) in [7, 11) is 0. The minimum atomic E-state index is 0.499. The number of nitrogens with two attached hydrogens (primary N) is 1. The summed E-state index contributed by atoms with van der Waals surface area (Å²) in [5, 5.41) is 3.78. The summed E-state index contributed by atoms with van der Waals surface area (Å²) < 4.78 is 4.72. The fraction of sp³-hybridized carbons (Fsp3) is 0.600. The Kier molecular flexibility index (Phi) is 3.22. The van der Waals surface area contributed by atoms with Crippen molar-refractivity contribution < 1.29 is 4.52 Å². The first-order valence-electron chi connectivity index (χ1n) is 5.30. The molecule has 1 saturated heterocycles. The minimum Gasteiger partial charge on any atom is -0.370 e. The van der Waals surface area contributed by atoms with E-state index in [2.05, 4.69) is 15.0 Å². The lowest BCUT2D eigenvalue weighted by atomic mass is 10.1. The molecule has 82 valence electrons. The zero-order valence-electron chi connectivity index (χ0n) is 8.72. The minimum absolute atomic E-state index is 0.499. The molecule has 0 radical (unpaired) electrons. The van der Waals surface area contributed by atoms with Crippen molar-refractivity contribution in [2.45, 2.75) is 25.8 Å². The molecule has 0 spiro atoms. The molecule has 2 N–H and O–H groups in total. The second kappa shape index (κ2) is 4.82. The normalized spacial score (nSPS) is 18.1. The fourth-order valence-corrected chi connectivity index (χ4v) is 1.70. The van der Waals surface area contributed by atoms with Crippen LogP contribution in [0.2, 0.25) is 0 Å². The lowest BCUT2D eigenvalue weighted by Crippen LogP contribution is -2.40. The van der Waals surface area contributed by atoms with Crippen molar-refractivity contribution in [3.05, 3.63) is 18.0 Å². The molecule has 0 amide bonds. The molecule has 1 aliphatic rings. The smallest absolute Gasteiger partial charge is 0.191 e. The quantitative estimate of drug-likeness (QED) is 0.581. The molecule has 0 unspecified atom stereocenters. The van der Waals surface area contributed by atoms with Crippen molar-refractivity contribution in [3.63, 3.8) is 0 Å². The number of piperidine rings is 1. The standard InChI is InChI=1S/C10H16N4O/c11-10(14-5-2-1-3-6-14)12-8-9-4-7-15-13-9/h4,7H,1-3,5-6,8H2,(H2,11,12). The van der Waals surface area contributed by atoms with Gasteiger partial charge in [0.15, 0.2) is 5.96 Å². The van der Waals surface area contributed by atoms with Crippen molar-refractivity contribution >= 4 is 5.96 Å². The second-order valence-electron chi connectivity index (χ2n) is 3.71. The van der Waals surface area contributed by atoms with Gasteiger partial charge >= 0.3 is 0 Å². The molecule has 5 heteroatoms. The van der Waals surface area contributed by atoms with Crippen LogP contribution in [0.4, 0.5) is 0 Å². The monoisotopic (exact) mass is 208 g/mol. The van der Waals surface area contributed by atoms with E-state index in [9.17, 15) is 0 Å². The molecule has 1 aliphatic heterocycles. The molecule has 2 rings (SSSR count). The van der Waals surface area contributed by atoms with E-state index < -0.39 is 0 Å². The average Bonchev–Trinajstić information content (AvgIpc) is 2.80. The summed E-state index contributed by atoms with van der Waals surface area (Å²) in [6.45, 7) is 2.54. The molecule has 1 aromatic rings. The molecule has 1 aromatic heterocycles. The first-order chi connectivity index (χ1) is 7.36. The third-order valence-corrected chi connectivity index (χ3v) is 2.57. The van der Waals surface area contributed by atoms with Gasteiger partial charge in [-0.15, -0.1) is 0 Å². The molecule has 0 aliphatic carbocycles. The molecule has 0 atom stereocenters. The summed E-state index contributed by atoms with van der Waals surface area (Å²) in [4.78, 5) is 6.42. The third-order valence-electron chi connectivity index (χ3n) is 2.57. The van der Waals surface area contributed by atoms with E-state index in [1.807, 2.05) is 0 Å². The van der Waals surface area contributed by atoms with E-state index in [-0.39, 0.29) is 0 Å². The van der Waals surface area contributed by atoms with Gasteiger partial charge in [0, 0.05) is 19.2 Å². The Labute approximate surface area is 88.9 Å². The van der Waals surface area contributed by atoms with Crippen LogP contribution in [-0.4, -0.2) is 29.1 Å². The first kappa shape index (κ1) is 10.0. The molecule has 2 heterocycles. The number of rotatable bonds is 2. The summed E-state index contributed by atoms with van der Waals surface area (Å²) in [6, 6.07) is 1.80. The summed E-state index contributed by atoms with van der Waals surface area (Å²) in [5.41, 5.74) is 6.70. The predicted molar refractivity (Wildman–Crippen MR) is 57.3 cm³/mol. The molecule has 0 bridgehead atoms. The highest BCUT2D eigenvalue weighted by Crippen LogP contribution is 2.08. The summed E-state index contributed by atoms with van der Waals surface area (Å²) in [6.07, 6.45) is 5.26. The fourth-order valence-electron chi connectivity index (χ4n) is 1.70. The van der Waals surface area contributed by atoms with Crippen molar-refractivity contribution in [1.82, 2.24) is 10.1 Å². The number of likely N-dealkylation sites (tertiary alicyclic amines) is 1. The van der Waals surface area contributed by atoms with Crippen LogP contribution in [-0.2, 0) is 6.54 Å². The van der Waals surface area contributed by atoms with E-state index in [0.717, 1.165) is 18.8 Å². The highest BCUT2D eigenvalue weighted by Gasteiger charge is 2.11. The van der Waals surface area contributed by atoms with Crippen LogP contribution in [0.25, 0.3) is 0 Å². The molecule has 5 nitrogen and oxygen atoms in total. The summed E-state index contributed by atoms with van der Waals surface area (Å²) >= 11 is 0. The van der Waals surface area contributed by atoms with Gasteiger partial charge in [-0.05, 0) is 19.3 Å². The van der Waals surface area contributed by atoms with E-state index in [1.165, 1.54) is 19.3 Å². The van der Waals surface area contributed by atoms with E-state index >= 15 is 0 Å². The van der Waals surface area contributed by atoms with Gasteiger partial charge in [-0.1, -0.05) is 5.16 Å². The van der Waals surface area contributed by atoms with Crippen molar-refractivity contribution in [1.29, 1.82) is 0 Å². The van der Waals surface area contributed by atoms with E-state index in [1.54, 1.807) is 12.3 Å². The Hall–Kier alpha value is -1.52. The van der Waals surface area contributed by atoms with E-state index in [4.69, 9.17) is 10.3 Å². The topological polar surface area (TPSA) is 67.6 Å². The number of aromatic nitrogens is 1. The maximum atomic E-state index is 5.88. The van der Waals surface area contributed by atoms with Gasteiger partial charge in [0.1, 0.15) is 12.0 Å². The number of aliphatic imine (C=N–C) groups is 1. The van der Waals surface area contributed by atoms with Crippen LogP contribution in [0.1, 0.15) is 25.0 Å². The Balaban J connectivity index is 1.88. The number of nitrogens with zero attached hydrogens (tertiary/aromatic N) is 3. The third kappa shape index (κ3) is 2.71. The van der Waals surface area contributed by atoms with Crippen LogP contribution in [0.15, 0.2) is 21.8 Å². The van der Waals surface area contributed by atoms with Crippen LogP contribution >= 0.6 is 0 Å². The predicted octanol–water partition coefficient (Wildman–Crippen LogP) is 0.975. The van der Waals surface area contributed by atoms with Gasteiger partial charge < -0.3 is 15.2 Å². The Bertz CT molecular complexity index is 314. The van der Waals surface area contributed by atoms with Crippen LogP contribution in [0, 0.1) is 0 Å². The number of hydrogen-bond acceptors (Lipinski definition) is 3. The maximum absolute atomic E-state index is 5.88. The molecular weight excluding hydrogens is 192 g/mol. The zero-order valence-corrected chi connectivity index (χ0v) is 8.72. The van der Waals surface area contributed by atoms with Crippen molar-refractivity contribution in [2.75, 3.05) is 13.1 Å².